The van der Waals surface area contributed by atoms with Crippen LogP contribution in [0.2, 0.25) is 0 Å². The van der Waals surface area contributed by atoms with E-state index < -0.39 is 33.2 Å². The number of thiazole rings is 1. The molecule has 1 saturated heterocycles. The number of hydrogen-bond donors (Lipinski definition) is 0. The molecule has 0 radical (unpaired) electrons. The first-order chi connectivity index (χ1) is 14.3. The number of aromatic nitrogens is 1. The normalized spacial score (nSPS) is 15.0. The van der Waals surface area contributed by atoms with Crippen molar-refractivity contribution in [1.82, 2.24) is 9.47 Å². The number of likely N-dealkylation sites (tertiary alicyclic amines) is 1. The van der Waals surface area contributed by atoms with E-state index in [0.717, 1.165) is 23.1 Å². The summed E-state index contributed by atoms with van der Waals surface area (Å²) in [6.07, 6.45) is 3.43. The maximum atomic E-state index is 12.4. The molecule has 0 aliphatic carbocycles. The fourth-order valence-corrected chi connectivity index (χ4v) is 5.51. The molecular formula is C20H25N3O5S2. The molecule has 0 spiro atoms. The van der Waals surface area contributed by atoms with E-state index in [0.29, 0.717) is 36.8 Å². The van der Waals surface area contributed by atoms with Crippen LogP contribution in [0.15, 0.2) is 35.8 Å². The first kappa shape index (κ1) is 22.2. The number of ether oxygens (including phenoxy) is 1. The minimum Gasteiger partial charge on any atom is -0.494 e. The zero-order valence-electron chi connectivity index (χ0n) is 16.9. The summed E-state index contributed by atoms with van der Waals surface area (Å²) in [5.41, 5.74) is 0.849. The van der Waals surface area contributed by atoms with Crippen molar-refractivity contribution in [2.75, 3.05) is 31.2 Å². The highest BCUT2D eigenvalue weighted by molar-refractivity contribution is 7.92. The third-order valence-electron chi connectivity index (χ3n) is 4.64. The number of fused-ring (bicyclic) bond motifs is 1. The Labute approximate surface area is 179 Å². The highest BCUT2D eigenvalue weighted by atomic mass is 32.2. The predicted molar refractivity (Wildman–Crippen MR) is 116 cm³/mol. The van der Waals surface area contributed by atoms with Crippen LogP contribution in [0.5, 0.6) is 5.75 Å². The standard InChI is InChI=1S/C20H25N3O5S2/c1-3-9-23-16-8-7-15(28-4-2)12-17(16)29-20(23)21-18(24)13-30(26,27)14-19(25)22-10-5-6-11-22/h3,7-8,12H,1,4-6,9-11,13-14H2,2H3. The average Bonchev–Trinajstić information content (AvgIpc) is 3.30. The van der Waals surface area contributed by atoms with Crippen LogP contribution in [0.4, 0.5) is 0 Å². The third kappa shape index (κ3) is 5.37. The Morgan fingerprint density at radius 3 is 2.67 bits per heavy atom. The van der Waals surface area contributed by atoms with Gasteiger partial charge in [0, 0.05) is 19.6 Å². The summed E-state index contributed by atoms with van der Waals surface area (Å²) in [5.74, 6) is -1.99. The number of carbonyl (C=O) groups excluding carboxylic acids is 2. The predicted octanol–water partition coefficient (Wildman–Crippen LogP) is 1.75. The van der Waals surface area contributed by atoms with E-state index in [4.69, 9.17) is 4.74 Å². The number of hydrogen-bond acceptors (Lipinski definition) is 6. The third-order valence-corrected chi connectivity index (χ3v) is 7.06. The summed E-state index contributed by atoms with van der Waals surface area (Å²) >= 11 is 1.27. The topological polar surface area (TPSA) is 98.0 Å². The molecule has 0 atom stereocenters. The van der Waals surface area contributed by atoms with E-state index >= 15 is 0 Å². The second-order valence-electron chi connectivity index (χ2n) is 6.97. The van der Waals surface area contributed by atoms with Gasteiger partial charge in [-0.25, -0.2) is 8.42 Å². The second-order valence-corrected chi connectivity index (χ2v) is 10.0. The number of amides is 2. The lowest BCUT2D eigenvalue weighted by Crippen LogP contribution is -2.35. The number of sulfone groups is 1. The number of allylic oxidation sites excluding steroid dienone is 1. The molecule has 1 aliphatic rings. The van der Waals surface area contributed by atoms with Gasteiger partial charge in [-0.05, 0) is 38.0 Å². The van der Waals surface area contributed by atoms with Crippen molar-refractivity contribution in [2.45, 2.75) is 26.3 Å². The Balaban J connectivity index is 1.83. The molecule has 162 valence electrons. The zero-order valence-corrected chi connectivity index (χ0v) is 18.5. The fraction of sp³-hybridized carbons (Fsp3) is 0.450. The van der Waals surface area contributed by atoms with E-state index in [2.05, 4.69) is 11.6 Å². The minimum atomic E-state index is -3.89. The first-order valence-electron chi connectivity index (χ1n) is 9.76. The molecule has 30 heavy (non-hydrogen) atoms. The lowest BCUT2D eigenvalue weighted by Gasteiger charge is -2.14. The summed E-state index contributed by atoms with van der Waals surface area (Å²) in [6, 6.07) is 5.56. The highest BCUT2D eigenvalue weighted by Crippen LogP contribution is 2.23. The minimum absolute atomic E-state index is 0.379. The highest BCUT2D eigenvalue weighted by Gasteiger charge is 2.26. The Morgan fingerprint density at radius 2 is 2.00 bits per heavy atom. The summed E-state index contributed by atoms with van der Waals surface area (Å²) in [6.45, 7) is 7.72. The fourth-order valence-electron chi connectivity index (χ4n) is 3.32. The van der Waals surface area contributed by atoms with E-state index in [1.807, 2.05) is 25.1 Å². The number of benzene rings is 1. The van der Waals surface area contributed by atoms with Crippen LogP contribution in [-0.4, -0.2) is 60.9 Å². The molecule has 0 bridgehead atoms. The lowest BCUT2D eigenvalue weighted by atomic mass is 10.3. The summed E-state index contributed by atoms with van der Waals surface area (Å²) in [4.78, 5) is 30.5. The Kier molecular flexibility index (Phi) is 7.09. The lowest BCUT2D eigenvalue weighted by molar-refractivity contribution is -0.127. The number of carbonyl (C=O) groups is 2. The van der Waals surface area contributed by atoms with Crippen molar-refractivity contribution in [3.8, 4) is 5.75 Å². The van der Waals surface area contributed by atoms with Crippen molar-refractivity contribution in [3.63, 3.8) is 0 Å². The van der Waals surface area contributed by atoms with E-state index in [-0.39, 0.29) is 0 Å². The molecule has 1 aromatic carbocycles. The molecule has 1 aliphatic heterocycles. The molecule has 2 heterocycles. The van der Waals surface area contributed by atoms with Crippen molar-refractivity contribution in [2.24, 2.45) is 4.99 Å². The molecule has 2 aromatic rings. The van der Waals surface area contributed by atoms with Gasteiger partial charge in [0.05, 0.1) is 16.8 Å². The van der Waals surface area contributed by atoms with Crippen LogP contribution in [0.3, 0.4) is 0 Å². The molecule has 1 aromatic heterocycles. The molecular weight excluding hydrogens is 426 g/mol. The van der Waals surface area contributed by atoms with E-state index in [1.165, 1.54) is 16.2 Å². The number of rotatable bonds is 8. The van der Waals surface area contributed by atoms with Crippen LogP contribution in [-0.2, 0) is 26.0 Å². The maximum absolute atomic E-state index is 12.4. The van der Waals surface area contributed by atoms with Crippen molar-refractivity contribution < 1.29 is 22.7 Å². The quantitative estimate of drug-likeness (QED) is 0.570. The first-order valence-corrected chi connectivity index (χ1v) is 12.4. The summed E-state index contributed by atoms with van der Waals surface area (Å²) in [7, 11) is -3.89. The molecule has 8 nitrogen and oxygen atoms in total. The van der Waals surface area contributed by atoms with Crippen LogP contribution >= 0.6 is 11.3 Å². The van der Waals surface area contributed by atoms with Crippen molar-refractivity contribution >= 4 is 43.2 Å². The van der Waals surface area contributed by atoms with E-state index in [9.17, 15) is 18.0 Å². The van der Waals surface area contributed by atoms with Gasteiger partial charge in [0.2, 0.25) is 5.91 Å². The summed E-state index contributed by atoms with van der Waals surface area (Å²) < 4.78 is 32.8. The van der Waals surface area contributed by atoms with Crippen molar-refractivity contribution in [3.05, 3.63) is 35.7 Å². The monoisotopic (exact) mass is 451 g/mol. The van der Waals surface area contributed by atoms with Crippen LogP contribution in [0, 0.1) is 0 Å². The Hall–Kier alpha value is -2.46. The largest absolute Gasteiger partial charge is 0.494 e. The van der Waals surface area contributed by atoms with Gasteiger partial charge < -0.3 is 14.2 Å². The molecule has 0 N–H and O–H groups in total. The molecule has 3 rings (SSSR count). The Morgan fingerprint density at radius 1 is 1.27 bits per heavy atom. The van der Waals surface area contributed by atoms with Gasteiger partial charge in [0.25, 0.3) is 5.91 Å². The van der Waals surface area contributed by atoms with Gasteiger partial charge in [-0.3, -0.25) is 9.59 Å². The molecule has 0 saturated carbocycles. The Bertz CT molecular complexity index is 1130. The molecule has 1 fully saturated rings. The molecule has 2 amide bonds. The van der Waals surface area contributed by atoms with Gasteiger partial charge in [0.1, 0.15) is 17.3 Å². The molecule has 0 unspecified atom stereocenters. The van der Waals surface area contributed by atoms with Crippen LogP contribution in [0.1, 0.15) is 19.8 Å². The van der Waals surface area contributed by atoms with Crippen LogP contribution < -0.4 is 9.54 Å². The van der Waals surface area contributed by atoms with Gasteiger partial charge in [0.15, 0.2) is 14.6 Å². The average molecular weight is 452 g/mol. The molecule has 10 heteroatoms. The van der Waals surface area contributed by atoms with Gasteiger partial charge in [-0.1, -0.05) is 17.4 Å². The summed E-state index contributed by atoms with van der Waals surface area (Å²) in [5, 5.41) is 0. The maximum Gasteiger partial charge on any atom is 0.263 e. The van der Waals surface area contributed by atoms with Gasteiger partial charge in [-0.2, -0.15) is 4.99 Å². The smallest absolute Gasteiger partial charge is 0.263 e. The SMILES string of the molecule is C=CCn1c(=NC(=O)CS(=O)(=O)CC(=O)N2CCCC2)sc2cc(OCC)ccc21. The van der Waals surface area contributed by atoms with Gasteiger partial charge >= 0.3 is 0 Å². The van der Waals surface area contributed by atoms with Gasteiger partial charge in [-0.15, -0.1) is 6.58 Å². The van der Waals surface area contributed by atoms with Crippen LogP contribution in [0.25, 0.3) is 10.2 Å². The zero-order chi connectivity index (χ0) is 21.7. The van der Waals surface area contributed by atoms with E-state index in [1.54, 1.807) is 10.6 Å². The second kappa shape index (κ2) is 9.57. The number of nitrogens with zero attached hydrogens (tertiary/aromatic N) is 3. The van der Waals surface area contributed by atoms with Crippen molar-refractivity contribution in [1.29, 1.82) is 0 Å².